The molecular weight excluding hydrogens is 136 g/mol. The van der Waals surface area contributed by atoms with Crippen molar-refractivity contribution in [1.82, 2.24) is 0 Å². The van der Waals surface area contributed by atoms with Crippen LogP contribution in [0.4, 0.5) is 0 Å². The summed E-state index contributed by atoms with van der Waals surface area (Å²) in [7, 11) is 0. The van der Waals surface area contributed by atoms with Crippen molar-refractivity contribution < 1.29 is 4.74 Å². The van der Waals surface area contributed by atoms with E-state index in [1.54, 1.807) is 0 Å². The Hall–Kier alpha value is -0.0400. The van der Waals surface area contributed by atoms with E-state index >= 15 is 0 Å². The van der Waals surface area contributed by atoms with Crippen LogP contribution in [0.5, 0.6) is 0 Å². The molecule has 11 heavy (non-hydrogen) atoms. The maximum Gasteiger partial charge on any atom is 0.0496 e. The first-order chi connectivity index (χ1) is 5.36. The van der Waals surface area contributed by atoms with Gasteiger partial charge in [0.2, 0.25) is 0 Å². The van der Waals surface area contributed by atoms with Crippen LogP contribution in [0.1, 0.15) is 26.2 Å². The van der Waals surface area contributed by atoms with Crippen molar-refractivity contribution in [2.24, 2.45) is 11.8 Å². The number of rotatable bonds is 4. The first-order valence-corrected chi connectivity index (χ1v) is 4.57. The lowest BCUT2D eigenvalue weighted by Crippen LogP contribution is -2.06. The van der Waals surface area contributed by atoms with Gasteiger partial charge >= 0.3 is 0 Å². The van der Waals surface area contributed by atoms with E-state index in [1.165, 1.54) is 12.8 Å². The Balaban J connectivity index is 2.09. The van der Waals surface area contributed by atoms with Crippen molar-refractivity contribution in [3.05, 3.63) is 13.3 Å². The van der Waals surface area contributed by atoms with Crippen LogP contribution in [0.3, 0.4) is 0 Å². The molecule has 1 saturated carbocycles. The summed E-state index contributed by atoms with van der Waals surface area (Å²) in [6.07, 6.45) is 6.02. The molecule has 1 fully saturated rings. The monoisotopic (exact) mass is 154 g/mol. The molecule has 1 nitrogen and oxygen atoms in total. The summed E-state index contributed by atoms with van der Waals surface area (Å²) in [5.74, 6) is 1.54. The van der Waals surface area contributed by atoms with Gasteiger partial charge in [-0.1, -0.05) is 13.3 Å². The molecule has 0 aromatic rings. The molecule has 0 heterocycles. The second-order valence-electron chi connectivity index (χ2n) is 3.28. The van der Waals surface area contributed by atoms with E-state index in [4.69, 9.17) is 4.74 Å². The molecule has 0 saturated heterocycles. The quantitative estimate of drug-likeness (QED) is 0.604. The molecule has 0 bridgehead atoms. The average molecular weight is 154 g/mol. The number of hydrogen-bond acceptors (Lipinski definition) is 1. The van der Waals surface area contributed by atoms with Crippen LogP contribution in [-0.4, -0.2) is 13.2 Å². The maximum absolute atomic E-state index is 5.36. The third kappa shape index (κ3) is 2.82. The van der Waals surface area contributed by atoms with Gasteiger partial charge < -0.3 is 4.74 Å². The van der Waals surface area contributed by atoms with Gasteiger partial charge in [0.1, 0.15) is 0 Å². The zero-order valence-corrected chi connectivity index (χ0v) is 7.38. The molecule has 0 aromatic heterocycles. The number of hydrogen-bond donors (Lipinski definition) is 0. The molecule has 1 rings (SSSR count). The lowest BCUT2D eigenvalue weighted by atomic mass is 10.0. The highest BCUT2D eigenvalue weighted by molar-refractivity contribution is 4.89. The van der Waals surface area contributed by atoms with Crippen LogP contribution in [-0.2, 0) is 4.74 Å². The zero-order chi connectivity index (χ0) is 8.10. The first kappa shape index (κ1) is 9.05. The molecule has 0 spiro atoms. The third-order valence-corrected chi connectivity index (χ3v) is 2.38. The summed E-state index contributed by atoms with van der Waals surface area (Å²) in [6.45, 7) is 7.74. The topological polar surface area (TPSA) is 9.23 Å². The van der Waals surface area contributed by atoms with Crippen molar-refractivity contribution in [2.45, 2.75) is 26.2 Å². The molecule has 0 aliphatic heterocycles. The van der Waals surface area contributed by atoms with Gasteiger partial charge in [-0.3, -0.25) is 0 Å². The van der Waals surface area contributed by atoms with Crippen molar-refractivity contribution >= 4 is 0 Å². The van der Waals surface area contributed by atoms with Gasteiger partial charge in [-0.05, 0) is 38.0 Å². The van der Waals surface area contributed by atoms with Crippen LogP contribution in [0.15, 0.2) is 0 Å². The molecule has 2 atom stereocenters. The minimum Gasteiger partial charge on any atom is -0.381 e. The lowest BCUT2D eigenvalue weighted by molar-refractivity contribution is 0.120. The predicted molar refractivity (Wildman–Crippen MR) is 47.0 cm³/mol. The maximum atomic E-state index is 5.36. The Morgan fingerprint density at radius 2 is 2.45 bits per heavy atom. The average Bonchev–Trinajstić information content (AvgIpc) is 2.48. The molecule has 1 aliphatic rings. The van der Waals surface area contributed by atoms with Gasteiger partial charge in [0.05, 0.1) is 0 Å². The highest BCUT2D eigenvalue weighted by atomic mass is 16.5. The summed E-state index contributed by atoms with van der Waals surface area (Å²) in [5, 5.41) is 0. The summed E-state index contributed by atoms with van der Waals surface area (Å²) < 4.78 is 5.36. The molecule has 64 valence electrons. The molecule has 2 unspecified atom stereocenters. The SMILES string of the molecule is [CH2]CC1C[CH]C(COCC)C1. The van der Waals surface area contributed by atoms with E-state index in [0.717, 1.165) is 25.6 Å². The van der Waals surface area contributed by atoms with Crippen molar-refractivity contribution in [3.8, 4) is 0 Å². The van der Waals surface area contributed by atoms with Crippen LogP contribution in [0.2, 0.25) is 0 Å². The molecule has 0 N–H and O–H groups in total. The summed E-state index contributed by atoms with van der Waals surface area (Å²) >= 11 is 0. The predicted octanol–water partition coefficient (Wildman–Crippen LogP) is 2.48. The van der Waals surface area contributed by atoms with Gasteiger partial charge in [-0.15, -0.1) is 0 Å². The minimum atomic E-state index is 0.710. The van der Waals surface area contributed by atoms with E-state index < -0.39 is 0 Å². The normalized spacial score (nSPS) is 31.1. The fourth-order valence-corrected chi connectivity index (χ4v) is 1.65. The third-order valence-electron chi connectivity index (χ3n) is 2.38. The molecule has 0 aromatic carbocycles. The highest BCUT2D eigenvalue weighted by Gasteiger charge is 2.23. The van der Waals surface area contributed by atoms with E-state index in [9.17, 15) is 0 Å². The molecule has 0 amide bonds. The Morgan fingerprint density at radius 3 is 3.00 bits per heavy atom. The van der Waals surface area contributed by atoms with E-state index in [2.05, 4.69) is 13.3 Å². The molecule has 2 radical (unpaired) electrons. The summed E-state index contributed by atoms with van der Waals surface area (Å²) in [6, 6.07) is 0. The largest absolute Gasteiger partial charge is 0.381 e. The van der Waals surface area contributed by atoms with Crippen LogP contribution in [0.25, 0.3) is 0 Å². The van der Waals surface area contributed by atoms with Gasteiger partial charge in [-0.25, -0.2) is 0 Å². The summed E-state index contributed by atoms with van der Waals surface area (Å²) in [5.41, 5.74) is 0. The van der Waals surface area contributed by atoms with Gasteiger partial charge in [0, 0.05) is 13.2 Å². The lowest BCUT2D eigenvalue weighted by Gasteiger charge is -2.08. The standard InChI is InChI=1S/C10H18O/c1-3-9-5-6-10(7-9)8-11-4-2/h6,9-10H,1,3-5,7-8H2,2H3. The van der Waals surface area contributed by atoms with Crippen molar-refractivity contribution in [3.63, 3.8) is 0 Å². The zero-order valence-electron chi connectivity index (χ0n) is 7.38. The van der Waals surface area contributed by atoms with Gasteiger partial charge in [0.15, 0.2) is 0 Å². The summed E-state index contributed by atoms with van der Waals surface area (Å²) in [4.78, 5) is 0. The van der Waals surface area contributed by atoms with E-state index in [1.807, 2.05) is 6.92 Å². The fraction of sp³-hybridized carbons (Fsp3) is 0.800. The van der Waals surface area contributed by atoms with E-state index in [-0.39, 0.29) is 0 Å². The minimum absolute atomic E-state index is 0.710. The second-order valence-corrected chi connectivity index (χ2v) is 3.28. The molecule has 1 aliphatic carbocycles. The molecular formula is C10H18O. The Bertz CT molecular complexity index is 101. The van der Waals surface area contributed by atoms with Crippen molar-refractivity contribution in [2.75, 3.05) is 13.2 Å². The van der Waals surface area contributed by atoms with Gasteiger partial charge in [0.25, 0.3) is 0 Å². The van der Waals surface area contributed by atoms with Crippen LogP contribution in [0, 0.1) is 25.2 Å². The Morgan fingerprint density at radius 1 is 1.64 bits per heavy atom. The first-order valence-electron chi connectivity index (χ1n) is 4.57. The van der Waals surface area contributed by atoms with Crippen LogP contribution >= 0.6 is 0 Å². The highest BCUT2D eigenvalue weighted by Crippen LogP contribution is 2.31. The molecule has 1 heteroatoms. The number of ether oxygens (including phenoxy) is 1. The van der Waals surface area contributed by atoms with Crippen LogP contribution < -0.4 is 0 Å². The smallest absolute Gasteiger partial charge is 0.0496 e. The Labute approximate surface area is 70.1 Å². The Kier molecular flexibility index (Phi) is 3.92. The van der Waals surface area contributed by atoms with Crippen molar-refractivity contribution in [1.29, 1.82) is 0 Å². The van der Waals surface area contributed by atoms with E-state index in [0.29, 0.717) is 5.92 Å². The fourth-order valence-electron chi connectivity index (χ4n) is 1.65. The second kappa shape index (κ2) is 4.76. The van der Waals surface area contributed by atoms with Gasteiger partial charge in [-0.2, -0.15) is 0 Å².